The van der Waals surface area contributed by atoms with Gasteiger partial charge in [-0.3, -0.25) is 0 Å². The van der Waals surface area contributed by atoms with Crippen LogP contribution in [0, 0.1) is 5.82 Å². The molecule has 3 nitrogen and oxygen atoms in total. The molecule has 1 fully saturated rings. The standard InChI is InChI=1S/C11H15FN2O/c1-15-11-8(12)5-6-10(14-11)9-4-2-3-7-13-9/h5-6,9,13H,2-4,7H2,1H3. The van der Waals surface area contributed by atoms with Gasteiger partial charge in [0.2, 0.25) is 5.88 Å². The van der Waals surface area contributed by atoms with Gasteiger partial charge in [0.1, 0.15) is 0 Å². The second kappa shape index (κ2) is 4.57. The molecule has 0 bridgehead atoms. The van der Waals surface area contributed by atoms with Crippen molar-refractivity contribution in [3.8, 4) is 5.88 Å². The summed E-state index contributed by atoms with van der Waals surface area (Å²) in [5, 5.41) is 3.37. The van der Waals surface area contributed by atoms with Crippen LogP contribution in [0.25, 0.3) is 0 Å². The topological polar surface area (TPSA) is 34.1 Å². The fourth-order valence-electron chi connectivity index (χ4n) is 1.88. The Labute approximate surface area is 88.7 Å². The highest BCUT2D eigenvalue weighted by molar-refractivity contribution is 5.20. The van der Waals surface area contributed by atoms with E-state index in [2.05, 4.69) is 10.3 Å². The van der Waals surface area contributed by atoms with Crippen molar-refractivity contribution in [3.63, 3.8) is 0 Å². The summed E-state index contributed by atoms with van der Waals surface area (Å²) in [5.74, 6) is -0.322. The molecular weight excluding hydrogens is 195 g/mol. The minimum atomic E-state index is -0.406. The number of nitrogens with one attached hydrogen (secondary N) is 1. The molecule has 2 rings (SSSR count). The molecule has 0 saturated carbocycles. The van der Waals surface area contributed by atoms with Gasteiger partial charge in [0.05, 0.1) is 12.8 Å². The van der Waals surface area contributed by atoms with Crippen molar-refractivity contribution in [1.29, 1.82) is 0 Å². The van der Waals surface area contributed by atoms with Crippen LogP contribution in [0.2, 0.25) is 0 Å². The molecule has 0 amide bonds. The quantitative estimate of drug-likeness (QED) is 0.811. The fourth-order valence-corrected chi connectivity index (χ4v) is 1.88. The van der Waals surface area contributed by atoms with Crippen LogP contribution >= 0.6 is 0 Å². The number of nitrogens with zero attached hydrogens (tertiary/aromatic N) is 1. The lowest BCUT2D eigenvalue weighted by Crippen LogP contribution is -2.27. The van der Waals surface area contributed by atoms with E-state index >= 15 is 0 Å². The molecule has 4 heteroatoms. The van der Waals surface area contributed by atoms with Gasteiger partial charge in [0, 0.05) is 6.04 Å². The molecule has 1 saturated heterocycles. The minimum Gasteiger partial charge on any atom is -0.479 e. The number of halogens is 1. The average molecular weight is 210 g/mol. The lowest BCUT2D eigenvalue weighted by Gasteiger charge is -2.23. The predicted octanol–water partition coefficient (Wildman–Crippen LogP) is 2.04. The van der Waals surface area contributed by atoms with Gasteiger partial charge in [0.15, 0.2) is 5.82 Å². The van der Waals surface area contributed by atoms with Gasteiger partial charge in [-0.25, -0.2) is 9.37 Å². The summed E-state index contributed by atoms with van der Waals surface area (Å²) in [5.41, 5.74) is 0.868. The number of aromatic nitrogens is 1. The smallest absolute Gasteiger partial charge is 0.250 e. The highest BCUT2D eigenvalue weighted by atomic mass is 19.1. The Hall–Kier alpha value is -1.16. The van der Waals surface area contributed by atoms with Crippen molar-refractivity contribution in [1.82, 2.24) is 10.3 Å². The van der Waals surface area contributed by atoms with Gasteiger partial charge >= 0.3 is 0 Å². The fraction of sp³-hybridized carbons (Fsp3) is 0.545. The molecule has 1 aliphatic rings. The summed E-state index contributed by atoms with van der Waals surface area (Å²) in [4.78, 5) is 4.15. The Morgan fingerprint density at radius 2 is 2.33 bits per heavy atom. The van der Waals surface area contributed by atoms with Crippen LogP contribution in [0.5, 0.6) is 5.88 Å². The largest absolute Gasteiger partial charge is 0.479 e. The molecule has 82 valence electrons. The van der Waals surface area contributed by atoms with Crippen LogP contribution in [0.1, 0.15) is 31.0 Å². The van der Waals surface area contributed by atoms with E-state index in [1.807, 2.05) is 0 Å². The van der Waals surface area contributed by atoms with Gasteiger partial charge < -0.3 is 10.1 Å². The van der Waals surface area contributed by atoms with Gasteiger partial charge in [0.25, 0.3) is 0 Å². The van der Waals surface area contributed by atoms with E-state index < -0.39 is 5.82 Å². The summed E-state index contributed by atoms with van der Waals surface area (Å²) in [6.07, 6.45) is 3.45. The van der Waals surface area contributed by atoms with Crippen LogP contribution in [0.3, 0.4) is 0 Å². The van der Waals surface area contributed by atoms with E-state index in [4.69, 9.17) is 4.74 Å². The monoisotopic (exact) mass is 210 g/mol. The zero-order valence-electron chi connectivity index (χ0n) is 8.79. The van der Waals surface area contributed by atoms with E-state index in [0.717, 1.165) is 18.7 Å². The summed E-state index contributed by atoms with van der Waals surface area (Å²) >= 11 is 0. The number of pyridine rings is 1. The molecule has 1 N–H and O–H groups in total. The van der Waals surface area contributed by atoms with Crippen molar-refractivity contribution < 1.29 is 9.13 Å². The van der Waals surface area contributed by atoms with Crippen molar-refractivity contribution in [3.05, 3.63) is 23.6 Å². The molecule has 0 aliphatic carbocycles. The normalized spacial score (nSPS) is 21.3. The van der Waals surface area contributed by atoms with E-state index in [1.165, 1.54) is 26.0 Å². The van der Waals surface area contributed by atoms with Crippen molar-refractivity contribution >= 4 is 0 Å². The average Bonchev–Trinajstić information content (AvgIpc) is 2.31. The number of rotatable bonds is 2. The van der Waals surface area contributed by atoms with E-state index in [0.29, 0.717) is 0 Å². The molecule has 1 aromatic heterocycles. The maximum atomic E-state index is 13.1. The Morgan fingerprint density at radius 1 is 1.47 bits per heavy atom. The lowest BCUT2D eigenvalue weighted by atomic mass is 10.0. The van der Waals surface area contributed by atoms with E-state index in [-0.39, 0.29) is 11.9 Å². The van der Waals surface area contributed by atoms with Crippen molar-refractivity contribution in [2.24, 2.45) is 0 Å². The maximum Gasteiger partial charge on any atom is 0.250 e. The SMILES string of the molecule is COc1nc(C2CCCCN2)ccc1F. The second-order valence-electron chi connectivity index (χ2n) is 3.73. The molecule has 2 heterocycles. The van der Waals surface area contributed by atoms with Crippen LogP contribution in [-0.2, 0) is 0 Å². The Bertz CT molecular complexity index is 337. The third-order valence-corrected chi connectivity index (χ3v) is 2.70. The highest BCUT2D eigenvalue weighted by Crippen LogP contribution is 2.24. The van der Waals surface area contributed by atoms with Crippen LogP contribution < -0.4 is 10.1 Å². The van der Waals surface area contributed by atoms with Crippen LogP contribution in [-0.4, -0.2) is 18.6 Å². The summed E-state index contributed by atoms with van der Waals surface area (Å²) < 4.78 is 18.0. The third-order valence-electron chi connectivity index (χ3n) is 2.70. The van der Waals surface area contributed by atoms with Gasteiger partial charge in [-0.05, 0) is 31.5 Å². The first-order chi connectivity index (χ1) is 7.31. The van der Waals surface area contributed by atoms with Crippen LogP contribution in [0.15, 0.2) is 12.1 Å². The van der Waals surface area contributed by atoms with E-state index in [9.17, 15) is 4.39 Å². The first kappa shape index (κ1) is 10.4. The van der Waals surface area contributed by atoms with Crippen molar-refractivity contribution in [2.45, 2.75) is 25.3 Å². The predicted molar refractivity (Wildman–Crippen MR) is 55.3 cm³/mol. The number of methoxy groups -OCH3 is 1. The summed E-state index contributed by atoms with van der Waals surface area (Å²) in [7, 11) is 1.43. The number of piperidine rings is 1. The molecule has 1 unspecified atom stereocenters. The van der Waals surface area contributed by atoms with Gasteiger partial charge in [-0.15, -0.1) is 0 Å². The zero-order valence-corrected chi connectivity index (χ0v) is 8.79. The number of hydrogen-bond acceptors (Lipinski definition) is 3. The molecule has 15 heavy (non-hydrogen) atoms. The summed E-state index contributed by atoms with van der Waals surface area (Å²) in [6.45, 7) is 1.01. The second-order valence-corrected chi connectivity index (χ2v) is 3.73. The van der Waals surface area contributed by atoms with Gasteiger partial charge in [-0.2, -0.15) is 0 Å². The molecule has 1 aliphatic heterocycles. The minimum absolute atomic E-state index is 0.0832. The Kier molecular flexibility index (Phi) is 3.16. The molecule has 1 aromatic rings. The first-order valence-corrected chi connectivity index (χ1v) is 5.25. The number of hydrogen-bond donors (Lipinski definition) is 1. The van der Waals surface area contributed by atoms with Crippen LogP contribution in [0.4, 0.5) is 4.39 Å². The summed E-state index contributed by atoms with van der Waals surface area (Å²) in [6, 6.07) is 3.38. The Morgan fingerprint density at radius 3 is 3.00 bits per heavy atom. The lowest BCUT2D eigenvalue weighted by molar-refractivity contribution is 0.357. The van der Waals surface area contributed by atoms with E-state index in [1.54, 1.807) is 6.07 Å². The molecule has 0 spiro atoms. The molecular formula is C11H15FN2O. The zero-order chi connectivity index (χ0) is 10.7. The third kappa shape index (κ3) is 2.26. The maximum absolute atomic E-state index is 13.1. The molecule has 0 aromatic carbocycles. The highest BCUT2D eigenvalue weighted by Gasteiger charge is 2.17. The Balaban J connectivity index is 2.20. The van der Waals surface area contributed by atoms with Gasteiger partial charge in [-0.1, -0.05) is 6.42 Å². The van der Waals surface area contributed by atoms with Crippen molar-refractivity contribution in [2.75, 3.05) is 13.7 Å². The first-order valence-electron chi connectivity index (χ1n) is 5.25. The molecule has 1 atom stereocenters. The number of ether oxygens (including phenoxy) is 1. The molecule has 0 radical (unpaired) electrons.